The van der Waals surface area contributed by atoms with Crippen LogP contribution >= 0.6 is 15.9 Å². The zero-order valence-electron chi connectivity index (χ0n) is 20.5. The number of para-hydroxylation sites is 1. The number of hydrogen-bond acceptors (Lipinski definition) is 6. The van der Waals surface area contributed by atoms with E-state index in [9.17, 15) is 9.59 Å². The summed E-state index contributed by atoms with van der Waals surface area (Å²) < 4.78 is 6.91. The Kier molecular flexibility index (Phi) is 6.36. The molecule has 3 aromatic carbocycles. The van der Waals surface area contributed by atoms with E-state index in [4.69, 9.17) is 4.74 Å². The Morgan fingerprint density at radius 3 is 2.35 bits per heavy atom. The second kappa shape index (κ2) is 9.81. The second-order valence-electron chi connectivity index (χ2n) is 9.57. The Balaban J connectivity index is 1.21. The third-order valence-corrected chi connectivity index (χ3v) is 7.80. The van der Waals surface area contributed by atoms with Crippen LogP contribution in [0.3, 0.4) is 0 Å². The number of carbonyl (C=O) groups is 2. The molecule has 3 heterocycles. The van der Waals surface area contributed by atoms with Crippen LogP contribution in [0.15, 0.2) is 83.3 Å². The Bertz CT molecular complexity index is 1290. The van der Waals surface area contributed by atoms with Crippen LogP contribution in [-0.4, -0.2) is 65.3 Å². The highest BCUT2D eigenvalue weighted by atomic mass is 79.9. The number of hydrogen-bond donors (Lipinski definition) is 1. The molecule has 3 atom stereocenters. The van der Waals surface area contributed by atoms with Gasteiger partial charge in [-0.05, 0) is 60.5 Å². The lowest BCUT2D eigenvalue weighted by Gasteiger charge is -2.44. The van der Waals surface area contributed by atoms with E-state index in [1.165, 1.54) is 4.90 Å². The van der Waals surface area contributed by atoms with Crippen molar-refractivity contribution in [2.45, 2.75) is 31.5 Å². The van der Waals surface area contributed by atoms with Crippen LogP contribution in [0, 0.1) is 0 Å². The average molecular weight is 562 g/mol. The molecule has 190 valence electrons. The number of ether oxygens (including phenoxy) is 1. The van der Waals surface area contributed by atoms with Crippen LogP contribution in [0.4, 0.5) is 10.5 Å². The molecule has 0 aromatic heterocycles. The van der Waals surface area contributed by atoms with Gasteiger partial charge in [-0.1, -0.05) is 46.3 Å². The van der Waals surface area contributed by atoms with E-state index in [2.05, 4.69) is 31.0 Å². The SMILES string of the molecule is CN1C(=O)N(Cc2ccc(Br)cc2)C(=O)C2C1NC1N(c3ccc(Oc4ccccc4)cc3)CCCN21. The molecule has 3 saturated heterocycles. The highest BCUT2D eigenvalue weighted by Gasteiger charge is 2.56. The standard InChI is InChI=1S/C28H28BrN5O3/c1-31-25-24(26(35)34(28(31)36)18-19-8-10-20(29)11-9-19)33-17-5-16-32(27(33)30-25)21-12-14-23(15-13-21)37-22-6-3-2-4-7-22/h2-4,6-15,24-25,27,30H,5,16-18H2,1H3. The van der Waals surface area contributed by atoms with Crippen molar-refractivity contribution in [2.75, 3.05) is 25.0 Å². The molecule has 3 amide bonds. The number of benzene rings is 3. The molecular weight excluding hydrogens is 534 g/mol. The minimum absolute atomic E-state index is 0.153. The van der Waals surface area contributed by atoms with E-state index in [1.807, 2.05) is 78.9 Å². The Hall–Kier alpha value is -3.40. The fourth-order valence-corrected chi connectivity index (χ4v) is 5.70. The molecule has 0 spiro atoms. The minimum atomic E-state index is -0.438. The first-order chi connectivity index (χ1) is 18.0. The van der Waals surface area contributed by atoms with Crippen LogP contribution < -0.4 is 15.0 Å². The summed E-state index contributed by atoms with van der Waals surface area (Å²) >= 11 is 3.44. The van der Waals surface area contributed by atoms with Crippen molar-refractivity contribution in [1.82, 2.24) is 20.0 Å². The number of anilines is 1. The number of carbonyl (C=O) groups excluding carboxylic acids is 2. The lowest BCUT2D eigenvalue weighted by molar-refractivity contribution is -0.139. The van der Waals surface area contributed by atoms with Gasteiger partial charge in [0.15, 0.2) is 0 Å². The normalized spacial score (nSPS) is 23.7. The predicted octanol–water partition coefficient (Wildman–Crippen LogP) is 4.43. The molecule has 3 fully saturated rings. The van der Waals surface area contributed by atoms with Crippen molar-refractivity contribution in [2.24, 2.45) is 0 Å². The van der Waals surface area contributed by atoms with E-state index in [0.29, 0.717) is 0 Å². The van der Waals surface area contributed by atoms with E-state index >= 15 is 0 Å². The quantitative estimate of drug-likeness (QED) is 0.497. The molecule has 3 aromatic rings. The predicted molar refractivity (Wildman–Crippen MR) is 144 cm³/mol. The Morgan fingerprint density at radius 1 is 0.919 bits per heavy atom. The minimum Gasteiger partial charge on any atom is -0.457 e. The maximum Gasteiger partial charge on any atom is 0.328 e. The molecule has 3 unspecified atom stereocenters. The summed E-state index contributed by atoms with van der Waals surface area (Å²) in [5.41, 5.74) is 1.95. The Labute approximate surface area is 224 Å². The molecule has 3 aliphatic rings. The van der Waals surface area contributed by atoms with Crippen molar-refractivity contribution in [1.29, 1.82) is 0 Å². The molecule has 8 nitrogen and oxygen atoms in total. The number of halogens is 1. The maximum absolute atomic E-state index is 13.7. The van der Waals surface area contributed by atoms with Crippen LogP contribution in [0.1, 0.15) is 12.0 Å². The highest BCUT2D eigenvalue weighted by Crippen LogP contribution is 2.34. The first-order valence-corrected chi connectivity index (χ1v) is 13.2. The van der Waals surface area contributed by atoms with Gasteiger partial charge >= 0.3 is 6.03 Å². The topological polar surface area (TPSA) is 68.4 Å². The second-order valence-corrected chi connectivity index (χ2v) is 10.5. The molecule has 0 saturated carbocycles. The molecule has 1 N–H and O–H groups in total. The zero-order chi connectivity index (χ0) is 25.5. The van der Waals surface area contributed by atoms with Crippen molar-refractivity contribution in [3.63, 3.8) is 0 Å². The third-order valence-electron chi connectivity index (χ3n) is 7.27. The monoisotopic (exact) mass is 561 g/mol. The van der Waals surface area contributed by atoms with Crippen molar-refractivity contribution in [3.8, 4) is 11.5 Å². The van der Waals surface area contributed by atoms with Crippen molar-refractivity contribution in [3.05, 3.63) is 88.9 Å². The van der Waals surface area contributed by atoms with Gasteiger partial charge in [-0.25, -0.2) is 4.79 Å². The van der Waals surface area contributed by atoms with Crippen molar-refractivity contribution < 1.29 is 14.3 Å². The summed E-state index contributed by atoms with van der Waals surface area (Å²) in [6.45, 7) is 1.88. The van der Waals surface area contributed by atoms with Gasteiger partial charge in [0.1, 0.15) is 30.0 Å². The molecule has 0 radical (unpaired) electrons. The number of urea groups is 1. The van der Waals surface area contributed by atoms with Gasteiger partial charge in [0.2, 0.25) is 0 Å². The first kappa shape index (κ1) is 24.0. The average Bonchev–Trinajstić information content (AvgIpc) is 3.32. The lowest BCUT2D eigenvalue weighted by atomic mass is 10.1. The van der Waals surface area contributed by atoms with Gasteiger partial charge in [0.25, 0.3) is 5.91 Å². The van der Waals surface area contributed by atoms with Gasteiger partial charge in [0, 0.05) is 30.3 Å². The number of rotatable bonds is 5. The summed E-state index contributed by atoms with van der Waals surface area (Å²) in [6.07, 6.45) is 0.352. The summed E-state index contributed by atoms with van der Waals surface area (Å²) in [7, 11) is 1.77. The van der Waals surface area contributed by atoms with E-state index < -0.39 is 6.04 Å². The summed E-state index contributed by atoms with van der Waals surface area (Å²) in [5, 5.41) is 3.57. The highest BCUT2D eigenvalue weighted by molar-refractivity contribution is 9.10. The van der Waals surface area contributed by atoms with E-state index in [1.54, 1.807) is 11.9 Å². The van der Waals surface area contributed by atoms with Gasteiger partial charge in [-0.15, -0.1) is 0 Å². The fourth-order valence-electron chi connectivity index (χ4n) is 5.43. The number of nitrogens with one attached hydrogen (secondary N) is 1. The summed E-state index contributed by atoms with van der Waals surface area (Å²) in [5.74, 6) is 1.40. The zero-order valence-corrected chi connectivity index (χ0v) is 22.0. The van der Waals surface area contributed by atoms with Crippen LogP contribution in [-0.2, 0) is 11.3 Å². The summed E-state index contributed by atoms with van der Waals surface area (Å²) in [6, 6.07) is 24.7. The largest absolute Gasteiger partial charge is 0.457 e. The molecule has 9 heteroatoms. The number of fused-ring (bicyclic) bond motifs is 3. The number of amides is 3. The van der Waals surface area contributed by atoms with Crippen molar-refractivity contribution >= 4 is 33.6 Å². The van der Waals surface area contributed by atoms with Crippen LogP contribution in [0.5, 0.6) is 11.5 Å². The van der Waals surface area contributed by atoms with Gasteiger partial charge < -0.3 is 14.5 Å². The first-order valence-electron chi connectivity index (χ1n) is 12.4. The molecule has 37 heavy (non-hydrogen) atoms. The molecule has 0 aliphatic carbocycles. The number of likely N-dealkylation sites (N-methyl/N-ethyl adjacent to an activating group) is 1. The maximum atomic E-state index is 13.7. The molecular formula is C28H28BrN5O3. The molecule has 3 aliphatic heterocycles. The smallest absolute Gasteiger partial charge is 0.328 e. The van der Waals surface area contributed by atoms with E-state index in [-0.39, 0.29) is 30.9 Å². The molecule has 6 rings (SSSR count). The summed E-state index contributed by atoms with van der Waals surface area (Å²) in [4.78, 5) is 34.4. The van der Waals surface area contributed by atoms with Gasteiger partial charge in [0.05, 0.1) is 6.54 Å². The number of nitrogens with zero attached hydrogens (tertiary/aromatic N) is 4. The van der Waals surface area contributed by atoms with E-state index in [0.717, 1.165) is 46.7 Å². The van der Waals surface area contributed by atoms with Gasteiger partial charge in [-0.3, -0.25) is 19.9 Å². The third kappa shape index (κ3) is 4.47. The Morgan fingerprint density at radius 2 is 1.62 bits per heavy atom. The van der Waals surface area contributed by atoms with Crippen LogP contribution in [0.25, 0.3) is 0 Å². The number of imide groups is 1. The fraction of sp³-hybridized carbons (Fsp3) is 0.286. The van der Waals surface area contributed by atoms with Gasteiger partial charge in [-0.2, -0.15) is 0 Å². The van der Waals surface area contributed by atoms with Crippen LogP contribution in [0.2, 0.25) is 0 Å². The molecule has 0 bridgehead atoms. The lowest BCUT2D eigenvalue weighted by Crippen LogP contribution is -2.66.